The maximum atomic E-state index is 12.6. The minimum Gasteiger partial charge on any atom is -0.382 e. The fourth-order valence-corrected chi connectivity index (χ4v) is 2.92. The van der Waals surface area contributed by atoms with Gasteiger partial charge in [0, 0.05) is 11.7 Å². The first-order chi connectivity index (χ1) is 9.38. The van der Waals surface area contributed by atoms with Gasteiger partial charge in [-0.25, -0.2) is 0 Å². The van der Waals surface area contributed by atoms with Crippen LogP contribution in [-0.4, -0.2) is 12.2 Å². The van der Waals surface area contributed by atoms with Gasteiger partial charge in [-0.3, -0.25) is 0 Å². The van der Waals surface area contributed by atoms with Crippen LogP contribution in [-0.2, 0) is 0 Å². The quantitative estimate of drug-likeness (QED) is 0.790. The maximum Gasteiger partial charge on any atom is 0.391 e. The van der Waals surface area contributed by atoms with Crippen molar-refractivity contribution < 1.29 is 13.2 Å². The lowest BCUT2D eigenvalue weighted by Gasteiger charge is -2.31. The minimum absolute atomic E-state index is 0.161. The van der Waals surface area contributed by atoms with E-state index in [2.05, 4.69) is 25.2 Å². The van der Waals surface area contributed by atoms with Crippen molar-refractivity contribution in [3.8, 4) is 0 Å². The maximum absolute atomic E-state index is 12.6. The van der Waals surface area contributed by atoms with E-state index in [0.29, 0.717) is 18.8 Å². The largest absolute Gasteiger partial charge is 0.391 e. The highest BCUT2D eigenvalue weighted by Gasteiger charge is 2.41. The van der Waals surface area contributed by atoms with E-state index in [1.807, 2.05) is 18.2 Å². The van der Waals surface area contributed by atoms with Crippen molar-refractivity contribution in [2.75, 3.05) is 5.32 Å². The number of hydrogen-bond acceptors (Lipinski definition) is 1. The topological polar surface area (TPSA) is 12.0 Å². The van der Waals surface area contributed by atoms with Crippen molar-refractivity contribution in [1.82, 2.24) is 0 Å². The van der Waals surface area contributed by atoms with Gasteiger partial charge in [-0.2, -0.15) is 13.2 Å². The van der Waals surface area contributed by atoms with Crippen molar-refractivity contribution in [2.45, 2.75) is 57.7 Å². The minimum atomic E-state index is -4.03. The molecule has 4 heteroatoms. The summed E-state index contributed by atoms with van der Waals surface area (Å²) < 4.78 is 37.9. The highest BCUT2D eigenvalue weighted by Crippen LogP contribution is 2.38. The van der Waals surface area contributed by atoms with Crippen molar-refractivity contribution in [1.29, 1.82) is 0 Å². The van der Waals surface area contributed by atoms with Gasteiger partial charge in [0.2, 0.25) is 0 Å². The second kappa shape index (κ2) is 6.06. The first-order valence-corrected chi connectivity index (χ1v) is 7.30. The molecule has 0 aromatic heterocycles. The van der Waals surface area contributed by atoms with Crippen LogP contribution in [0.5, 0.6) is 0 Å². The predicted molar refractivity (Wildman–Crippen MR) is 76.0 cm³/mol. The second-order valence-corrected chi connectivity index (χ2v) is 5.98. The number of hydrogen-bond donors (Lipinski definition) is 1. The van der Waals surface area contributed by atoms with Crippen molar-refractivity contribution in [3.05, 3.63) is 29.8 Å². The Morgan fingerprint density at radius 3 is 2.20 bits per heavy atom. The average molecular weight is 285 g/mol. The molecule has 0 aliphatic heterocycles. The third-order valence-corrected chi connectivity index (χ3v) is 4.13. The standard InChI is InChI=1S/C16H22F3N/c1-11(2)14-5-3-4-6-15(14)20-13-9-7-12(8-10-13)16(17,18)19/h3-6,11-13,20H,7-10H2,1-2H3. The summed E-state index contributed by atoms with van der Waals surface area (Å²) in [6.07, 6.45) is -2.36. The summed E-state index contributed by atoms with van der Waals surface area (Å²) in [6, 6.07) is 8.23. The van der Waals surface area contributed by atoms with Crippen LogP contribution in [0.25, 0.3) is 0 Å². The molecule has 0 unspecified atom stereocenters. The molecule has 2 rings (SSSR count). The zero-order valence-electron chi connectivity index (χ0n) is 12.0. The number of nitrogens with one attached hydrogen (secondary N) is 1. The van der Waals surface area contributed by atoms with Crippen LogP contribution in [0.1, 0.15) is 51.0 Å². The Balaban J connectivity index is 1.96. The molecule has 1 N–H and O–H groups in total. The van der Waals surface area contributed by atoms with Crippen LogP contribution in [0.2, 0.25) is 0 Å². The van der Waals surface area contributed by atoms with Gasteiger partial charge in [-0.15, -0.1) is 0 Å². The van der Waals surface area contributed by atoms with Crippen molar-refractivity contribution >= 4 is 5.69 Å². The summed E-state index contributed by atoms with van der Waals surface area (Å²) >= 11 is 0. The number of anilines is 1. The lowest BCUT2D eigenvalue weighted by Crippen LogP contribution is -2.33. The Labute approximate surface area is 118 Å². The van der Waals surface area contributed by atoms with Crippen LogP contribution >= 0.6 is 0 Å². The number of alkyl halides is 3. The zero-order valence-corrected chi connectivity index (χ0v) is 12.0. The van der Waals surface area contributed by atoms with Crippen LogP contribution in [0, 0.1) is 5.92 Å². The van der Waals surface area contributed by atoms with Crippen LogP contribution in [0.15, 0.2) is 24.3 Å². The van der Waals surface area contributed by atoms with Gasteiger partial charge in [-0.1, -0.05) is 32.0 Å². The number of benzene rings is 1. The van der Waals surface area contributed by atoms with E-state index in [1.54, 1.807) is 0 Å². The molecule has 1 aliphatic carbocycles. The van der Waals surface area contributed by atoms with E-state index < -0.39 is 12.1 Å². The molecule has 1 aromatic carbocycles. The normalized spacial score (nSPS) is 23.9. The smallest absolute Gasteiger partial charge is 0.382 e. The van der Waals surface area contributed by atoms with Gasteiger partial charge in [-0.05, 0) is 43.2 Å². The highest BCUT2D eigenvalue weighted by molar-refractivity contribution is 5.53. The summed E-state index contributed by atoms with van der Waals surface area (Å²) in [6.45, 7) is 4.25. The first kappa shape index (κ1) is 15.2. The average Bonchev–Trinajstić information content (AvgIpc) is 2.38. The van der Waals surface area contributed by atoms with Crippen LogP contribution < -0.4 is 5.32 Å². The fourth-order valence-electron chi connectivity index (χ4n) is 2.92. The van der Waals surface area contributed by atoms with E-state index in [0.717, 1.165) is 5.69 Å². The van der Waals surface area contributed by atoms with E-state index >= 15 is 0 Å². The van der Waals surface area contributed by atoms with Crippen LogP contribution in [0.4, 0.5) is 18.9 Å². The zero-order chi connectivity index (χ0) is 14.8. The summed E-state index contributed by atoms with van der Waals surface area (Å²) in [7, 11) is 0. The number of rotatable bonds is 3. The Kier molecular flexibility index (Phi) is 4.61. The Morgan fingerprint density at radius 2 is 1.65 bits per heavy atom. The molecule has 0 amide bonds. The highest BCUT2D eigenvalue weighted by atomic mass is 19.4. The lowest BCUT2D eigenvalue weighted by molar-refractivity contribution is -0.182. The van der Waals surface area contributed by atoms with E-state index in [1.165, 1.54) is 5.56 Å². The van der Waals surface area contributed by atoms with Crippen molar-refractivity contribution in [2.24, 2.45) is 5.92 Å². The SMILES string of the molecule is CC(C)c1ccccc1NC1CCC(C(F)(F)F)CC1. The van der Waals surface area contributed by atoms with Gasteiger partial charge < -0.3 is 5.32 Å². The molecule has 1 nitrogen and oxygen atoms in total. The Bertz CT molecular complexity index is 432. The molecule has 0 heterocycles. The summed E-state index contributed by atoms with van der Waals surface area (Å²) in [5.74, 6) is -0.703. The third kappa shape index (κ3) is 3.68. The molecular weight excluding hydrogens is 263 g/mol. The van der Waals surface area contributed by atoms with E-state index in [4.69, 9.17) is 0 Å². The molecule has 1 aromatic rings. The third-order valence-electron chi connectivity index (χ3n) is 4.13. The Morgan fingerprint density at radius 1 is 1.05 bits per heavy atom. The Hall–Kier alpha value is -1.19. The predicted octanol–water partition coefficient (Wildman–Crippen LogP) is 5.34. The fraction of sp³-hybridized carbons (Fsp3) is 0.625. The second-order valence-electron chi connectivity index (χ2n) is 5.98. The summed E-state index contributed by atoms with van der Waals surface area (Å²) in [5, 5.41) is 3.44. The molecular formula is C16H22F3N. The number of para-hydroxylation sites is 1. The molecule has 0 bridgehead atoms. The van der Waals surface area contributed by atoms with Gasteiger partial charge >= 0.3 is 6.18 Å². The lowest BCUT2D eigenvalue weighted by atomic mass is 9.85. The molecule has 20 heavy (non-hydrogen) atoms. The summed E-state index contributed by atoms with van der Waals surface area (Å²) in [4.78, 5) is 0. The molecule has 0 spiro atoms. The van der Waals surface area contributed by atoms with Gasteiger partial charge in [0.1, 0.15) is 0 Å². The molecule has 0 radical (unpaired) electrons. The molecule has 112 valence electrons. The van der Waals surface area contributed by atoms with Crippen molar-refractivity contribution in [3.63, 3.8) is 0 Å². The number of halogens is 3. The summed E-state index contributed by atoms with van der Waals surface area (Å²) in [5.41, 5.74) is 2.29. The van der Waals surface area contributed by atoms with E-state index in [-0.39, 0.29) is 18.9 Å². The molecule has 0 atom stereocenters. The van der Waals surface area contributed by atoms with Crippen LogP contribution in [0.3, 0.4) is 0 Å². The monoisotopic (exact) mass is 285 g/mol. The molecule has 0 saturated heterocycles. The van der Waals surface area contributed by atoms with E-state index in [9.17, 15) is 13.2 Å². The van der Waals surface area contributed by atoms with Gasteiger partial charge in [0.25, 0.3) is 0 Å². The van der Waals surface area contributed by atoms with Gasteiger partial charge in [0.05, 0.1) is 5.92 Å². The molecule has 1 saturated carbocycles. The first-order valence-electron chi connectivity index (χ1n) is 7.30. The molecule has 1 fully saturated rings. The molecule has 1 aliphatic rings. The van der Waals surface area contributed by atoms with Gasteiger partial charge in [0.15, 0.2) is 0 Å².